The molecule has 3 aromatic rings. The Labute approximate surface area is 190 Å². The van der Waals surface area contributed by atoms with Crippen molar-refractivity contribution in [2.45, 2.75) is 37.0 Å². The molecule has 1 aliphatic carbocycles. The van der Waals surface area contributed by atoms with Crippen LogP contribution in [0.3, 0.4) is 0 Å². The highest BCUT2D eigenvalue weighted by molar-refractivity contribution is 7.92. The van der Waals surface area contributed by atoms with Gasteiger partial charge in [0, 0.05) is 16.1 Å². The molecule has 1 heterocycles. The zero-order valence-corrected chi connectivity index (χ0v) is 18.9. The molecule has 0 unspecified atom stereocenters. The highest BCUT2D eigenvalue weighted by Crippen LogP contribution is 2.37. The highest BCUT2D eigenvalue weighted by Gasteiger charge is 2.24. The first-order valence-electron chi connectivity index (χ1n) is 10.3. The average molecular weight is 470 g/mol. The van der Waals surface area contributed by atoms with Crippen molar-refractivity contribution < 1.29 is 18.0 Å². The Hall–Kier alpha value is -3.17. The molecule has 2 aromatic carbocycles. The summed E-state index contributed by atoms with van der Waals surface area (Å²) in [6, 6.07) is 14.2. The molecule has 1 aliphatic rings. The van der Waals surface area contributed by atoms with Gasteiger partial charge in [0.2, 0.25) is 0 Å². The number of primary amides is 1. The van der Waals surface area contributed by atoms with Crippen LogP contribution in [0.2, 0.25) is 0 Å². The summed E-state index contributed by atoms with van der Waals surface area (Å²) in [6.45, 7) is 0. The zero-order valence-electron chi connectivity index (χ0n) is 17.3. The Balaban J connectivity index is 1.57. The predicted octanol–water partition coefficient (Wildman–Crippen LogP) is 4.17. The van der Waals surface area contributed by atoms with Gasteiger partial charge in [-0.3, -0.25) is 14.3 Å². The molecule has 0 bridgehead atoms. The van der Waals surface area contributed by atoms with Crippen LogP contribution in [0.15, 0.2) is 59.5 Å². The maximum absolute atomic E-state index is 12.9. The van der Waals surface area contributed by atoms with E-state index in [1.54, 1.807) is 36.4 Å². The first-order chi connectivity index (χ1) is 15.3. The van der Waals surface area contributed by atoms with Crippen LogP contribution in [-0.4, -0.2) is 20.2 Å². The normalized spacial score (nSPS) is 13.6. The van der Waals surface area contributed by atoms with Gasteiger partial charge in [-0.1, -0.05) is 30.7 Å². The molecule has 4 rings (SSSR count). The van der Waals surface area contributed by atoms with E-state index in [-0.39, 0.29) is 16.1 Å². The topological polar surface area (TPSA) is 118 Å². The van der Waals surface area contributed by atoms with Crippen LogP contribution in [0.1, 0.15) is 50.4 Å². The van der Waals surface area contributed by atoms with Gasteiger partial charge in [-0.25, -0.2) is 8.42 Å². The summed E-state index contributed by atoms with van der Waals surface area (Å²) in [7, 11) is -3.78. The second-order valence-corrected chi connectivity index (χ2v) is 10.4. The quantitative estimate of drug-likeness (QED) is 0.470. The van der Waals surface area contributed by atoms with Gasteiger partial charge in [-0.05, 0) is 61.6 Å². The number of thiophene rings is 1. The number of nitrogens with one attached hydrogen (secondary N) is 2. The van der Waals surface area contributed by atoms with Gasteiger partial charge in [0.05, 0.1) is 10.5 Å². The van der Waals surface area contributed by atoms with E-state index in [9.17, 15) is 18.0 Å². The first-order valence-corrected chi connectivity index (χ1v) is 12.6. The van der Waals surface area contributed by atoms with Gasteiger partial charge in [-0.2, -0.15) is 0 Å². The zero-order chi connectivity index (χ0) is 22.7. The van der Waals surface area contributed by atoms with E-state index in [1.165, 1.54) is 29.5 Å². The number of rotatable bonds is 6. The Kier molecular flexibility index (Phi) is 6.29. The van der Waals surface area contributed by atoms with Crippen molar-refractivity contribution in [2.24, 2.45) is 5.73 Å². The monoisotopic (exact) mass is 469 g/mol. The third-order valence-electron chi connectivity index (χ3n) is 5.33. The second-order valence-electron chi connectivity index (χ2n) is 7.59. The van der Waals surface area contributed by atoms with Crippen molar-refractivity contribution in [3.63, 3.8) is 0 Å². The lowest BCUT2D eigenvalue weighted by Gasteiger charge is -2.10. The molecule has 0 saturated carbocycles. The minimum atomic E-state index is -3.78. The van der Waals surface area contributed by atoms with E-state index >= 15 is 0 Å². The molecule has 166 valence electrons. The number of aryl methyl sites for hydroxylation is 1. The molecular formula is C23H23N3O4S2. The summed E-state index contributed by atoms with van der Waals surface area (Å²) < 4.78 is 27.6. The maximum Gasteiger partial charge on any atom is 0.261 e. The fraction of sp³-hybridized carbons (Fsp3) is 0.217. The molecule has 0 spiro atoms. The third-order valence-corrected chi connectivity index (χ3v) is 7.93. The summed E-state index contributed by atoms with van der Waals surface area (Å²) >= 11 is 1.39. The van der Waals surface area contributed by atoms with E-state index in [0.717, 1.165) is 42.5 Å². The van der Waals surface area contributed by atoms with Crippen LogP contribution in [0.25, 0.3) is 0 Å². The standard InChI is InChI=1S/C23H23N3O4S2/c24-21(27)20-18-12-5-2-6-13-19(18)31-23(20)25-22(28)15-8-7-9-16(14-15)26-32(29,30)17-10-3-1-4-11-17/h1,3-4,7-11,14,26H,2,5-6,12-13H2,(H2,24,27)(H,25,28). The van der Waals surface area contributed by atoms with Crippen molar-refractivity contribution in [3.05, 3.63) is 76.2 Å². The number of nitrogens with two attached hydrogens (primary N) is 1. The number of hydrogen-bond donors (Lipinski definition) is 3. The second kappa shape index (κ2) is 9.13. The number of fused-ring (bicyclic) bond motifs is 1. The molecule has 0 atom stereocenters. The molecule has 0 saturated heterocycles. The summed E-state index contributed by atoms with van der Waals surface area (Å²) in [5.74, 6) is -0.992. The molecule has 0 fully saturated rings. The summed E-state index contributed by atoms with van der Waals surface area (Å²) in [4.78, 5) is 26.3. The van der Waals surface area contributed by atoms with Gasteiger partial charge in [0.1, 0.15) is 5.00 Å². The van der Waals surface area contributed by atoms with E-state index in [1.807, 2.05) is 0 Å². The van der Waals surface area contributed by atoms with Gasteiger partial charge in [0.15, 0.2) is 0 Å². The average Bonchev–Trinajstić information content (AvgIpc) is 2.95. The predicted molar refractivity (Wildman–Crippen MR) is 126 cm³/mol. The lowest BCUT2D eigenvalue weighted by atomic mass is 10.1. The number of hydrogen-bond acceptors (Lipinski definition) is 5. The smallest absolute Gasteiger partial charge is 0.261 e. The highest BCUT2D eigenvalue weighted by atomic mass is 32.2. The number of amides is 2. The van der Waals surface area contributed by atoms with Gasteiger partial charge < -0.3 is 11.1 Å². The van der Waals surface area contributed by atoms with Gasteiger partial charge in [0.25, 0.3) is 21.8 Å². The molecule has 7 nitrogen and oxygen atoms in total. The van der Waals surface area contributed by atoms with Crippen LogP contribution in [-0.2, 0) is 22.9 Å². The molecule has 2 amide bonds. The van der Waals surface area contributed by atoms with E-state index in [0.29, 0.717) is 10.6 Å². The van der Waals surface area contributed by atoms with E-state index in [2.05, 4.69) is 10.0 Å². The van der Waals surface area contributed by atoms with Crippen molar-refractivity contribution in [1.82, 2.24) is 0 Å². The summed E-state index contributed by atoms with van der Waals surface area (Å²) in [5, 5.41) is 3.26. The van der Waals surface area contributed by atoms with Crippen LogP contribution in [0, 0.1) is 0 Å². The number of anilines is 2. The van der Waals surface area contributed by atoms with Crippen LogP contribution in [0.4, 0.5) is 10.7 Å². The molecule has 0 radical (unpaired) electrons. The van der Waals surface area contributed by atoms with Gasteiger partial charge in [-0.15, -0.1) is 11.3 Å². The number of benzene rings is 2. The van der Waals surface area contributed by atoms with Crippen molar-refractivity contribution >= 4 is 43.9 Å². The Morgan fingerprint density at radius 3 is 2.44 bits per heavy atom. The number of carbonyl (C=O) groups excluding carboxylic acids is 2. The van der Waals surface area contributed by atoms with Gasteiger partial charge >= 0.3 is 0 Å². The van der Waals surface area contributed by atoms with E-state index in [4.69, 9.17) is 5.73 Å². The molecule has 0 aliphatic heterocycles. The lowest BCUT2D eigenvalue weighted by Crippen LogP contribution is -2.18. The number of sulfonamides is 1. The van der Waals surface area contributed by atoms with Crippen molar-refractivity contribution in [3.8, 4) is 0 Å². The summed E-state index contributed by atoms with van der Waals surface area (Å²) in [6.07, 6.45) is 4.78. The third kappa shape index (κ3) is 4.68. The number of carbonyl (C=O) groups is 2. The summed E-state index contributed by atoms with van der Waals surface area (Å²) in [5.41, 5.74) is 7.50. The largest absolute Gasteiger partial charge is 0.365 e. The minimum absolute atomic E-state index is 0.126. The maximum atomic E-state index is 12.9. The lowest BCUT2D eigenvalue weighted by molar-refractivity contribution is 0.100. The molecule has 4 N–H and O–H groups in total. The SMILES string of the molecule is NC(=O)c1c(NC(=O)c2cccc(NS(=O)(=O)c3ccccc3)c2)sc2c1CCCCC2. The first kappa shape index (κ1) is 22.0. The Morgan fingerprint density at radius 2 is 1.69 bits per heavy atom. The fourth-order valence-electron chi connectivity index (χ4n) is 3.80. The molecule has 9 heteroatoms. The van der Waals surface area contributed by atoms with Crippen LogP contribution < -0.4 is 15.8 Å². The Bertz CT molecular complexity index is 1270. The van der Waals surface area contributed by atoms with Crippen LogP contribution >= 0.6 is 11.3 Å². The minimum Gasteiger partial charge on any atom is -0.365 e. The van der Waals surface area contributed by atoms with Crippen molar-refractivity contribution in [1.29, 1.82) is 0 Å². The van der Waals surface area contributed by atoms with Crippen LogP contribution in [0.5, 0.6) is 0 Å². The van der Waals surface area contributed by atoms with E-state index < -0.39 is 21.8 Å². The fourth-order valence-corrected chi connectivity index (χ4v) is 6.16. The molecule has 32 heavy (non-hydrogen) atoms. The molecular weight excluding hydrogens is 446 g/mol. The molecule has 1 aromatic heterocycles. The Morgan fingerprint density at radius 1 is 0.938 bits per heavy atom. The van der Waals surface area contributed by atoms with Crippen molar-refractivity contribution in [2.75, 3.05) is 10.0 Å².